The third-order valence-corrected chi connectivity index (χ3v) is 4.07. The van der Waals surface area contributed by atoms with Gasteiger partial charge in [0.05, 0.1) is 11.4 Å². The van der Waals surface area contributed by atoms with E-state index >= 15 is 0 Å². The highest BCUT2D eigenvalue weighted by molar-refractivity contribution is 9.09. The van der Waals surface area contributed by atoms with Crippen molar-refractivity contribution in [2.45, 2.75) is 45.2 Å². The van der Waals surface area contributed by atoms with Crippen LogP contribution >= 0.6 is 15.9 Å². The van der Waals surface area contributed by atoms with E-state index in [9.17, 15) is 0 Å². The fourth-order valence-corrected chi connectivity index (χ4v) is 2.81. The van der Waals surface area contributed by atoms with Crippen LogP contribution < -0.4 is 0 Å². The highest BCUT2D eigenvalue weighted by Gasteiger charge is 2.25. The number of halogens is 1. The summed E-state index contributed by atoms with van der Waals surface area (Å²) in [5.41, 5.74) is 2.55. The molecular weight excluding hydrogens is 278 g/mol. The molecule has 2 rings (SSSR count). The first-order valence-electron chi connectivity index (χ1n) is 6.56. The standard InChI is InChI=1S/C13H22BrN3/c1-3-11-9-13(16(2)15-11)10-17(8-7-14)12-5-4-6-12/h9,12H,3-8,10H2,1-2H3. The van der Waals surface area contributed by atoms with Gasteiger partial charge in [-0.25, -0.2) is 0 Å². The molecule has 17 heavy (non-hydrogen) atoms. The van der Waals surface area contributed by atoms with Gasteiger partial charge in [0, 0.05) is 31.5 Å². The molecule has 0 aromatic carbocycles. The minimum atomic E-state index is 0.799. The molecular formula is C13H22BrN3. The van der Waals surface area contributed by atoms with E-state index in [1.54, 1.807) is 0 Å². The van der Waals surface area contributed by atoms with Crippen molar-refractivity contribution in [3.63, 3.8) is 0 Å². The number of hydrogen-bond donors (Lipinski definition) is 0. The highest BCUT2D eigenvalue weighted by atomic mass is 79.9. The number of hydrogen-bond acceptors (Lipinski definition) is 2. The summed E-state index contributed by atoms with van der Waals surface area (Å²) < 4.78 is 2.04. The van der Waals surface area contributed by atoms with Crippen molar-refractivity contribution in [1.82, 2.24) is 14.7 Å². The molecule has 1 aliphatic rings. The zero-order chi connectivity index (χ0) is 12.3. The summed E-state index contributed by atoms with van der Waals surface area (Å²) in [6.07, 6.45) is 5.15. The second kappa shape index (κ2) is 6.01. The van der Waals surface area contributed by atoms with Crippen molar-refractivity contribution in [2.75, 3.05) is 11.9 Å². The Morgan fingerprint density at radius 2 is 2.29 bits per heavy atom. The van der Waals surface area contributed by atoms with Crippen LogP contribution in [-0.2, 0) is 20.0 Å². The van der Waals surface area contributed by atoms with E-state index in [1.165, 1.54) is 30.7 Å². The molecule has 0 radical (unpaired) electrons. The van der Waals surface area contributed by atoms with Crippen molar-refractivity contribution in [3.05, 3.63) is 17.5 Å². The Hall–Kier alpha value is -0.350. The zero-order valence-corrected chi connectivity index (χ0v) is 12.4. The van der Waals surface area contributed by atoms with Crippen molar-refractivity contribution < 1.29 is 0 Å². The van der Waals surface area contributed by atoms with Crippen LogP contribution in [0.3, 0.4) is 0 Å². The van der Waals surface area contributed by atoms with Crippen molar-refractivity contribution in [2.24, 2.45) is 7.05 Å². The quantitative estimate of drug-likeness (QED) is 0.753. The van der Waals surface area contributed by atoms with Gasteiger partial charge < -0.3 is 0 Å². The third-order valence-electron chi connectivity index (χ3n) is 3.72. The van der Waals surface area contributed by atoms with Gasteiger partial charge in [0.2, 0.25) is 0 Å². The minimum Gasteiger partial charge on any atom is -0.294 e. The molecule has 4 heteroatoms. The van der Waals surface area contributed by atoms with E-state index in [2.05, 4.69) is 46.0 Å². The number of aromatic nitrogens is 2. The number of rotatable bonds is 6. The summed E-state index contributed by atoms with van der Waals surface area (Å²) in [5.74, 6) is 0. The summed E-state index contributed by atoms with van der Waals surface area (Å²) in [5, 5.41) is 5.58. The third kappa shape index (κ3) is 3.10. The Balaban J connectivity index is 2.02. The van der Waals surface area contributed by atoms with Crippen LogP contribution in [0.5, 0.6) is 0 Å². The molecule has 96 valence electrons. The van der Waals surface area contributed by atoms with Gasteiger partial charge in [0.25, 0.3) is 0 Å². The molecule has 3 nitrogen and oxygen atoms in total. The average Bonchev–Trinajstić information content (AvgIpc) is 2.57. The van der Waals surface area contributed by atoms with E-state index in [4.69, 9.17) is 0 Å². The lowest BCUT2D eigenvalue weighted by atomic mass is 9.91. The van der Waals surface area contributed by atoms with Gasteiger partial charge in [-0.1, -0.05) is 29.3 Å². The highest BCUT2D eigenvalue weighted by Crippen LogP contribution is 2.26. The molecule has 0 N–H and O–H groups in total. The predicted molar refractivity (Wildman–Crippen MR) is 74.4 cm³/mol. The van der Waals surface area contributed by atoms with Crippen LogP contribution in [0.25, 0.3) is 0 Å². The Bertz CT molecular complexity index is 358. The topological polar surface area (TPSA) is 21.1 Å². The van der Waals surface area contributed by atoms with E-state index in [0.717, 1.165) is 30.9 Å². The zero-order valence-electron chi connectivity index (χ0n) is 10.8. The largest absolute Gasteiger partial charge is 0.294 e. The van der Waals surface area contributed by atoms with Crippen LogP contribution in [0, 0.1) is 0 Å². The summed E-state index contributed by atoms with van der Waals surface area (Å²) in [6.45, 7) is 4.34. The number of aryl methyl sites for hydroxylation is 2. The second-order valence-electron chi connectivity index (χ2n) is 4.85. The van der Waals surface area contributed by atoms with Crippen LogP contribution in [0.1, 0.15) is 37.6 Å². The van der Waals surface area contributed by atoms with Crippen molar-refractivity contribution >= 4 is 15.9 Å². The van der Waals surface area contributed by atoms with Gasteiger partial charge in [0.1, 0.15) is 0 Å². The maximum atomic E-state index is 4.52. The van der Waals surface area contributed by atoms with E-state index < -0.39 is 0 Å². The van der Waals surface area contributed by atoms with E-state index in [1.807, 2.05) is 4.68 Å². The lowest BCUT2D eigenvalue weighted by molar-refractivity contribution is 0.125. The van der Waals surface area contributed by atoms with Crippen LogP contribution in [0.4, 0.5) is 0 Å². The smallest absolute Gasteiger partial charge is 0.0625 e. The van der Waals surface area contributed by atoms with Gasteiger partial charge in [-0.05, 0) is 25.3 Å². The second-order valence-corrected chi connectivity index (χ2v) is 5.64. The Kier molecular flexibility index (Phi) is 4.62. The van der Waals surface area contributed by atoms with Gasteiger partial charge in [0.15, 0.2) is 0 Å². The fraction of sp³-hybridized carbons (Fsp3) is 0.769. The van der Waals surface area contributed by atoms with E-state index in [-0.39, 0.29) is 0 Å². The lowest BCUT2D eigenvalue weighted by Gasteiger charge is -2.37. The summed E-state index contributed by atoms with van der Waals surface area (Å²) >= 11 is 3.56. The molecule has 1 aliphatic carbocycles. The van der Waals surface area contributed by atoms with Crippen LogP contribution in [0.15, 0.2) is 6.07 Å². The Labute approximate surface area is 112 Å². The molecule has 0 spiro atoms. The average molecular weight is 300 g/mol. The lowest BCUT2D eigenvalue weighted by Crippen LogP contribution is -2.41. The Morgan fingerprint density at radius 3 is 2.76 bits per heavy atom. The maximum absolute atomic E-state index is 4.52. The molecule has 1 aromatic heterocycles. The van der Waals surface area contributed by atoms with E-state index in [0.29, 0.717) is 0 Å². The van der Waals surface area contributed by atoms with Gasteiger partial charge in [-0.15, -0.1) is 0 Å². The molecule has 0 unspecified atom stereocenters. The monoisotopic (exact) mass is 299 g/mol. The first kappa shape index (κ1) is 13.1. The van der Waals surface area contributed by atoms with Crippen LogP contribution in [-0.4, -0.2) is 32.6 Å². The molecule has 1 saturated carbocycles. The summed E-state index contributed by atoms with van der Waals surface area (Å²) in [6, 6.07) is 3.05. The molecule has 0 aliphatic heterocycles. The molecule has 1 aromatic rings. The minimum absolute atomic E-state index is 0.799. The molecule has 0 atom stereocenters. The van der Waals surface area contributed by atoms with Gasteiger partial charge in [-0.3, -0.25) is 9.58 Å². The van der Waals surface area contributed by atoms with Gasteiger partial charge in [-0.2, -0.15) is 5.10 Å². The fourth-order valence-electron chi connectivity index (χ4n) is 2.35. The Morgan fingerprint density at radius 1 is 1.53 bits per heavy atom. The molecule has 0 saturated heterocycles. The number of alkyl halides is 1. The summed E-state index contributed by atoms with van der Waals surface area (Å²) in [4.78, 5) is 2.59. The first-order chi connectivity index (χ1) is 8.24. The maximum Gasteiger partial charge on any atom is 0.0625 e. The van der Waals surface area contributed by atoms with Gasteiger partial charge >= 0.3 is 0 Å². The SMILES string of the molecule is CCc1cc(CN(CCBr)C2CCC2)n(C)n1. The molecule has 1 heterocycles. The number of nitrogens with zero attached hydrogens (tertiary/aromatic N) is 3. The van der Waals surface area contributed by atoms with Crippen LogP contribution in [0.2, 0.25) is 0 Å². The van der Waals surface area contributed by atoms with Crippen molar-refractivity contribution in [1.29, 1.82) is 0 Å². The van der Waals surface area contributed by atoms with Crippen molar-refractivity contribution in [3.8, 4) is 0 Å². The summed E-state index contributed by atoms with van der Waals surface area (Å²) in [7, 11) is 2.06. The predicted octanol–water partition coefficient (Wildman–Crippen LogP) is 2.73. The molecule has 0 bridgehead atoms. The normalized spacial score (nSPS) is 16.5. The molecule has 0 amide bonds. The molecule has 1 fully saturated rings. The first-order valence-corrected chi connectivity index (χ1v) is 7.68.